The molecule has 0 radical (unpaired) electrons. The monoisotopic (exact) mass is 231 g/mol. The van der Waals surface area contributed by atoms with Crippen molar-refractivity contribution in [3.63, 3.8) is 0 Å². The van der Waals surface area contributed by atoms with Gasteiger partial charge in [-0.15, -0.1) is 0 Å². The first-order chi connectivity index (χ1) is 8.17. The third kappa shape index (κ3) is 2.56. The average Bonchev–Trinajstić information content (AvgIpc) is 2.39. The number of hydrogen-bond donors (Lipinski definition) is 0. The van der Waals surface area contributed by atoms with Crippen molar-refractivity contribution in [1.29, 1.82) is 5.26 Å². The van der Waals surface area contributed by atoms with Crippen LogP contribution in [0.5, 0.6) is 0 Å². The SMILES string of the molecule is CO[C@]1(C)CCCN(c2ccc(C#N)nc2)C1. The van der Waals surface area contributed by atoms with E-state index in [0.717, 1.165) is 31.6 Å². The predicted octanol–water partition coefficient (Wildman–Crippen LogP) is 1.96. The van der Waals surface area contributed by atoms with E-state index in [1.807, 2.05) is 12.1 Å². The molecular weight excluding hydrogens is 214 g/mol. The number of rotatable bonds is 2. The quantitative estimate of drug-likeness (QED) is 0.780. The van der Waals surface area contributed by atoms with Crippen molar-refractivity contribution in [1.82, 2.24) is 4.98 Å². The predicted molar refractivity (Wildman–Crippen MR) is 65.8 cm³/mol. The summed E-state index contributed by atoms with van der Waals surface area (Å²) in [7, 11) is 1.76. The standard InChI is InChI=1S/C13H17N3O/c1-13(17-2)6-3-7-16(10-13)12-5-4-11(8-14)15-9-12/h4-5,9H,3,6-7,10H2,1-2H3/t13-/m1/s1. The van der Waals surface area contributed by atoms with Crippen LogP contribution in [0.4, 0.5) is 5.69 Å². The Morgan fingerprint density at radius 1 is 1.53 bits per heavy atom. The molecule has 0 unspecified atom stereocenters. The number of ether oxygens (including phenoxy) is 1. The van der Waals surface area contributed by atoms with Crippen LogP contribution in [0.3, 0.4) is 0 Å². The highest BCUT2D eigenvalue weighted by atomic mass is 16.5. The van der Waals surface area contributed by atoms with Crippen LogP contribution in [0, 0.1) is 11.3 Å². The topological polar surface area (TPSA) is 49.1 Å². The summed E-state index contributed by atoms with van der Waals surface area (Å²) in [6.45, 7) is 4.03. The molecule has 0 saturated carbocycles. The van der Waals surface area contributed by atoms with Crippen LogP contribution in [0.2, 0.25) is 0 Å². The molecule has 2 rings (SSSR count). The van der Waals surface area contributed by atoms with Gasteiger partial charge in [0, 0.05) is 20.2 Å². The molecule has 1 aliphatic rings. The summed E-state index contributed by atoms with van der Waals surface area (Å²) in [6.07, 6.45) is 3.97. The van der Waals surface area contributed by atoms with Gasteiger partial charge in [-0.1, -0.05) is 0 Å². The summed E-state index contributed by atoms with van der Waals surface area (Å²) in [4.78, 5) is 6.37. The van der Waals surface area contributed by atoms with Gasteiger partial charge in [0.05, 0.1) is 17.5 Å². The van der Waals surface area contributed by atoms with Gasteiger partial charge in [0.2, 0.25) is 0 Å². The molecule has 2 heterocycles. The molecule has 1 fully saturated rings. The number of nitriles is 1. The van der Waals surface area contributed by atoms with Crippen molar-refractivity contribution < 1.29 is 4.74 Å². The Morgan fingerprint density at radius 2 is 2.35 bits per heavy atom. The van der Waals surface area contributed by atoms with E-state index in [4.69, 9.17) is 10.00 Å². The van der Waals surface area contributed by atoms with E-state index in [-0.39, 0.29) is 5.60 Å². The smallest absolute Gasteiger partial charge is 0.140 e. The van der Waals surface area contributed by atoms with Gasteiger partial charge in [0.1, 0.15) is 11.8 Å². The molecule has 17 heavy (non-hydrogen) atoms. The molecule has 1 aromatic heterocycles. The highest BCUT2D eigenvalue weighted by Crippen LogP contribution is 2.27. The zero-order valence-corrected chi connectivity index (χ0v) is 10.3. The van der Waals surface area contributed by atoms with Crippen molar-refractivity contribution in [2.75, 3.05) is 25.1 Å². The van der Waals surface area contributed by atoms with Gasteiger partial charge in [-0.25, -0.2) is 4.98 Å². The fourth-order valence-electron chi connectivity index (χ4n) is 2.23. The maximum Gasteiger partial charge on any atom is 0.140 e. The largest absolute Gasteiger partial charge is 0.377 e. The van der Waals surface area contributed by atoms with Gasteiger partial charge in [0.15, 0.2) is 0 Å². The minimum absolute atomic E-state index is 0.0772. The Balaban J connectivity index is 2.14. The minimum atomic E-state index is -0.0772. The van der Waals surface area contributed by atoms with Crippen LogP contribution >= 0.6 is 0 Å². The molecule has 1 atom stereocenters. The third-order valence-corrected chi connectivity index (χ3v) is 3.38. The Labute approximate surface area is 102 Å². The van der Waals surface area contributed by atoms with Crippen LogP contribution < -0.4 is 4.90 Å². The lowest BCUT2D eigenvalue weighted by atomic mass is 9.94. The van der Waals surface area contributed by atoms with E-state index in [1.165, 1.54) is 0 Å². The summed E-state index contributed by atoms with van der Waals surface area (Å²) >= 11 is 0. The molecule has 0 amide bonds. The first kappa shape index (κ1) is 11.9. The number of methoxy groups -OCH3 is 1. The molecule has 1 aromatic rings. The van der Waals surface area contributed by atoms with Crippen LogP contribution in [0.15, 0.2) is 18.3 Å². The Morgan fingerprint density at radius 3 is 2.94 bits per heavy atom. The van der Waals surface area contributed by atoms with Crippen LogP contribution in [-0.2, 0) is 4.74 Å². The van der Waals surface area contributed by atoms with Gasteiger partial charge in [-0.3, -0.25) is 0 Å². The van der Waals surface area contributed by atoms with Gasteiger partial charge in [0.25, 0.3) is 0 Å². The van der Waals surface area contributed by atoms with E-state index in [0.29, 0.717) is 5.69 Å². The summed E-state index contributed by atoms with van der Waals surface area (Å²) in [5, 5.41) is 8.71. The second-order valence-electron chi connectivity index (χ2n) is 4.69. The fraction of sp³-hybridized carbons (Fsp3) is 0.538. The van der Waals surface area contributed by atoms with E-state index >= 15 is 0 Å². The lowest BCUT2D eigenvalue weighted by Gasteiger charge is -2.40. The first-order valence-electron chi connectivity index (χ1n) is 5.83. The molecule has 0 spiro atoms. The van der Waals surface area contributed by atoms with Gasteiger partial charge < -0.3 is 9.64 Å². The molecular formula is C13H17N3O. The number of aromatic nitrogens is 1. The average molecular weight is 231 g/mol. The number of piperidine rings is 1. The first-order valence-corrected chi connectivity index (χ1v) is 5.83. The molecule has 1 saturated heterocycles. The maximum atomic E-state index is 8.71. The summed E-state index contributed by atoms with van der Waals surface area (Å²) in [6, 6.07) is 5.74. The maximum absolute atomic E-state index is 8.71. The molecule has 0 bridgehead atoms. The van der Waals surface area contributed by atoms with Gasteiger partial charge in [-0.2, -0.15) is 5.26 Å². The van der Waals surface area contributed by atoms with Crippen LogP contribution in [0.1, 0.15) is 25.5 Å². The minimum Gasteiger partial charge on any atom is -0.377 e. The lowest BCUT2D eigenvalue weighted by molar-refractivity contribution is -0.00466. The van der Waals surface area contributed by atoms with Crippen molar-refractivity contribution in [3.8, 4) is 6.07 Å². The number of hydrogen-bond acceptors (Lipinski definition) is 4. The fourth-order valence-corrected chi connectivity index (χ4v) is 2.23. The number of anilines is 1. The zero-order valence-electron chi connectivity index (χ0n) is 10.3. The molecule has 90 valence electrons. The van der Waals surface area contributed by atoms with Crippen molar-refractivity contribution in [2.24, 2.45) is 0 Å². The molecule has 0 aromatic carbocycles. The lowest BCUT2D eigenvalue weighted by Crippen LogP contribution is -2.47. The number of nitrogens with zero attached hydrogens (tertiary/aromatic N) is 3. The normalized spacial score (nSPS) is 24.4. The molecule has 4 nitrogen and oxygen atoms in total. The van der Waals surface area contributed by atoms with Gasteiger partial charge in [-0.05, 0) is 31.9 Å². The summed E-state index contributed by atoms with van der Waals surface area (Å²) in [5.41, 5.74) is 1.44. The van der Waals surface area contributed by atoms with Crippen molar-refractivity contribution >= 4 is 5.69 Å². The molecule has 1 aliphatic heterocycles. The van der Waals surface area contributed by atoms with E-state index in [9.17, 15) is 0 Å². The number of pyridine rings is 1. The zero-order chi connectivity index (χ0) is 12.3. The molecule has 0 aliphatic carbocycles. The van der Waals surface area contributed by atoms with Crippen molar-refractivity contribution in [2.45, 2.75) is 25.4 Å². The van der Waals surface area contributed by atoms with Crippen molar-refractivity contribution in [3.05, 3.63) is 24.0 Å². The van der Waals surface area contributed by atoms with E-state index in [1.54, 1.807) is 19.4 Å². The second-order valence-corrected chi connectivity index (χ2v) is 4.69. The molecule has 0 N–H and O–H groups in total. The Hall–Kier alpha value is -1.60. The summed E-state index contributed by atoms with van der Waals surface area (Å²) in [5.74, 6) is 0. The van der Waals surface area contributed by atoms with E-state index < -0.39 is 0 Å². The molecule has 4 heteroatoms. The van der Waals surface area contributed by atoms with Crippen LogP contribution in [-0.4, -0.2) is 30.8 Å². The highest BCUT2D eigenvalue weighted by Gasteiger charge is 2.30. The second kappa shape index (κ2) is 4.72. The van der Waals surface area contributed by atoms with E-state index in [2.05, 4.69) is 16.8 Å². The van der Waals surface area contributed by atoms with Gasteiger partial charge >= 0.3 is 0 Å². The third-order valence-electron chi connectivity index (χ3n) is 3.38. The summed E-state index contributed by atoms with van der Waals surface area (Å²) < 4.78 is 5.56. The Kier molecular flexibility index (Phi) is 3.30. The van der Waals surface area contributed by atoms with Crippen LogP contribution in [0.25, 0.3) is 0 Å². The Bertz CT molecular complexity index is 423. The highest BCUT2D eigenvalue weighted by molar-refractivity contribution is 5.46.